The highest BCUT2D eigenvalue weighted by atomic mass is 35.5. The summed E-state index contributed by atoms with van der Waals surface area (Å²) in [5, 5.41) is 13.4. The first-order valence-corrected chi connectivity index (χ1v) is 7.76. The van der Waals surface area contributed by atoms with Crippen molar-refractivity contribution in [3.8, 4) is 10.6 Å². The molecule has 3 aromatic heterocycles. The van der Waals surface area contributed by atoms with E-state index in [1.807, 2.05) is 25.1 Å². The van der Waals surface area contributed by atoms with Crippen LogP contribution in [0, 0.1) is 13.8 Å². The Morgan fingerprint density at radius 3 is 2.82 bits per heavy atom. The normalized spacial score (nSPS) is 11.0. The quantitative estimate of drug-likeness (QED) is 0.774. The van der Waals surface area contributed by atoms with Crippen molar-refractivity contribution in [1.29, 1.82) is 0 Å². The number of carbonyl (C=O) groups is 1. The van der Waals surface area contributed by atoms with Crippen LogP contribution in [0.1, 0.15) is 27.4 Å². The third-order valence-corrected chi connectivity index (χ3v) is 4.64. The van der Waals surface area contributed by atoms with E-state index < -0.39 is 5.97 Å². The van der Waals surface area contributed by atoms with E-state index in [4.69, 9.17) is 16.1 Å². The second-order valence-electron chi connectivity index (χ2n) is 4.99. The van der Waals surface area contributed by atoms with Crippen LogP contribution in [0.25, 0.3) is 10.6 Å². The molecule has 0 aliphatic carbocycles. The minimum atomic E-state index is -0.945. The van der Waals surface area contributed by atoms with Gasteiger partial charge in [0.05, 0.1) is 15.8 Å². The van der Waals surface area contributed by atoms with Crippen LogP contribution in [0.5, 0.6) is 0 Å². The number of hydrogen-bond donors (Lipinski definition) is 1. The molecule has 0 amide bonds. The van der Waals surface area contributed by atoms with Gasteiger partial charge >= 0.3 is 5.97 Å². The molecule has 3 heterocycles. The fourth-order valence-corrected chi connectivity index (χ4v) is 3.44. The van der Waals surface area contributed by atoms with Gasteiger partial charge in [-0.05, 0) is 37.6 Å². The van der Waals surface area contributed by atoms with Crippen molar-refractivity contribution in [2.75, 3.05) is 0 Å². The molecule has 22 heavy (non-hydrogen) atoms. The zero-order chi connectivity index (χ0) is 15.9. The second-order valence-corrected chi connectivity index (χ2v) is 6.71. The van der Waals surface area contributed by atoms with E-state index in [0.717, 1.165) is 16.1 Å². The van der Waals surface area contributed by atoms with Crippen molar-refractivity contribution in [2.45, 2.75) is 20.4 Å². The van der Waals surface area contributed by atoms with Crippen LogP contribution in [-0.4, -0.2) is 20.8 Å². The van der Waals surface area contributed by atoms with Gasteiger partial charge in [-0.25, -0.2) is 4.79 Å². The van der Waals surface area contributed by atoms with Crippen molar-refractivity contribution in [1.82, 2.24) is 9.72 Å². The molecule has 0 saturated carbocycles. The predicted molar refractivity (Wildman–Crippen MR) is 84.8 cm³/mol. The fraction of sp³-hybridized carbons (Fsp3) is 0.200. The first kappa shape index (κ1) is 14.9. The second kappa shape index (κ2) is 5.62. The third kappa shape index (κ3) is 2.67. The molecule has 0 atom stereocenters. The van der Waals surface area contributed by atoms with E-state index in [-0.39, 0.29) is 5.69 Å². The molecule has 0 spiro atoms. The van der Waals surface area contributed by atoms with Crippen LogP contribution in [0.15, 0.2) is 28.8 Å². The molecule has 114 valence electrons. The Bertz CT molecular complexity index is 847. The molecule has 5 nitrogen and oxygen atoms in total. The molecule has 0 unspecified atom stereocenters. The standard InChI is InChI=1S/C15H13ClN2O3S/c1-8-5-9(2)18(14(8)15(19)20)7-10-6-11(21-17-10)12-3-4-13(16)22-12/h3-6H,7H2,1-2H3,(H,19,20). The summed E-state index contributed by atoms with van der Waals surface area (Å²) in [6, 6.07) is 7.32. The van der Waals surface area contributed by atoms with Crippen molar-refractivity contribution in [3.05, 3.63) is 51.2 Å². The van der Waals surface area contributed by atoms with E-state index in [1.165, 1.54) is 11.3 Å². The minimum Gasteiger partial charge on any atom is -0.477 e. The number of thiophene rings is 1. The Morgan fingerprint density at radius 1 is 1.41 bits per heavy atom. The smallest absolute Gasteiger partial charge is 0.352 e. The average molecular weight is 337 g/mol. The molecule has 7 heteroatoms. The van der Waals surface area contributed by atoms with Gasteiger partial charge in [-0.15, -0.1) is 11.3 Å². The number of halogens is 1. The van der Waals surface area contributed by atoms with Gasteiger partial charge in [-0.3, -0.25) is 0 Å². The number of aromatic carboxylic acids is 1. The van der Waals surface area contributed by atoms with E-state index in [2.05, 4.69) is 5.16 Å². The first-order chi connectivity index (χ1) is 10.5. The molecule has 0 aromatic carbocycles. The monoisotopic (exact) mass is 336 g/mol. The topological polar surface area (TPSA) is 68.3 Å². The SMILES string of the molecule is Cc1cc(C)n(Cc2cc(-c3ccc(Cl)s3)on2)c1C(=O)O. The number of carboxylic acids is 1. The highest BCUT2D eigenvalue weighted by Crippen LogP contribution is 2.31. The van der Waals surface area contributed by atoms with Crippen molar-refractivity contribution < 1.29 is 14.4 Å². The number of rotatable bonds is 4. The molecule has 3 aromatic rings. The maximum Gasteiger partial charge on any atom is 0.352 e. The van der Waals surface area contributed by atoms with E-state index >= 15 is 0 Å². The van der Waals surface area contributed by atoms with Gasteiger partial charge in [0, 0.05) is 11.8 Å². The van der Waals surface area contributed by atoms with Gasteiger partial charge in [0.2, 0.25) is 0 Å². The Labute approximate surface area is 135 Å². The minimum absolute atomic E-state index is 0.279. The van der Waals surface area contributed by atoms with Gasteiger partial charge in [-0.2, -0.15) is 0 Å². The molecular weight excluding hydrogens is 324 g/mol. The third-order valence-electron chi connectivity index (χ3n) is 3.39. The summed E-state index contributed by atoms with van der Waals surface area (Å²) in [6.07, 6.45) is 0. The molecular formula is C15H13ClN2O3S. The lowest BCUT2D eigenvalue weighted by atomic mass is 10.2. The van der Waals surface area contributed by atoms with Gasteiger partial charge in [-0.1, -0.05) is 16.8 Å². The summed E-state index contributed by atoms with van der Waals surface area (Å²) in [5.41, 5.74) is 2.55. The lowest BCUT2D eigenvalue weighted by Gasteiger charge is -2.06. The van der Waals surface area contributed by atoms with Gasteiger partial charge in [0.1, 0.15) is 11.4 Å². The summed E-state index contributed by atoms with van der Waals surface area (Å²) < 4.78 is 7.73. The number of aryl methyl sites for hydroxylation is 2. The van der Waals surface area contributed by atoms with E-state index in [0.29, 0.717) is 22.3 Å². The maximum absolute atomic E-state index is 11.4. The Hall–Kier alpha value is -2.05. The molecule has 0 fully saturated rings. The summed E-state index contributed by atoms with van der Waals surface area (Å²) >= 11 is 7.32. The predicted octanol–water partition coefficient (Wildman–Crippen LogP) is 4.22. The summed E-state index contributed by atoms with van der Waals surface area (Å²) in [5.74, 6) is -0.315. The Kier molecular flexibility index (Phi) is 3.80. The van der Waals surface area contributed by atoms with Crippen molar-refractivity contribution in [3.63, 3.8) is 0 Å². The molecule has 0 saturated heterocycles. The lowest BCUT2D eigenvalue weighted by Crippen LogP contribution is -2.12. The van der Waals surface area contributed by atoms with Crippen LogP contribution >= 0.6 is 22.9 Å². The number of hydrogen-bond acceptors (Lipinski definition) is 4. The maximum atomic E-state index is 11.4. The van der Waals surface area contributed by atoms with Crippen LogP contribution in [0.3, 0.4) is 0 Å². The molecule has 1 N–H and O–H groups in total. The number of carboxylic acid groups (broad SMARTS) is 1. The molecule has 0 radical (unpaired) electrons. The molecule has 3 rings (SSSR count). The van der Waals surface area contributed by atoms with Crippen LogP contribution in [0.4, 0.5) is 0 Å². The lowest BCUT2D eigenvalue weighted by molar-refractivity contribution is 0.0684. The zero-order valence-corrected chi connectivity index (χ0v) is 13.5. The van der Waals surface area contributed by atoms with Crippen LogP contribution in [0.2, 0.25) is 4.34 Å². The largest absolute Gasteiger partial charge is 0.477 e. The first-order valence-electron chi connectivity index (χ1n) is 6.57. The molecule has 0 aliphatic heterocycles. The Balaban J connectivity index is 1.92. The summed E-state index contributed by atoms with van der Waals surface area (Å²) in [4.78, 5) is 12.3. The van der Waals surface area contributed by atoms with Crippen LogP contribution < -0.4 is 0 Å². The zero-order valence-electron chi connectivity index (χ0n) is 12.0. The Morgan fingerprint density at radius 2 is 2.18 bits per heavy atom. The fourth-order valence-electron chi connectivity index (χ4n) is 2.45. The number of nitrogens with zero attached hydrogens (tertiary/aromatic N) is 2. The highest BCUT2D eigenvalue weighted by Gasteiger charge is 2.18. The molecule has 0 aliphatic rings. The van der Waals surface area contributed by atoms with Gasteiger partial charge in [0.25, 0.3) is 0 Å². The van der Waals surface area contributed by atoms with Gasteiger partial charge < -0.3 is 14.2 Å². The van der Waals surface area contributed by atoms with Crippen molar-refractivity contribution in [2.24, 2.45) is 0 Å². The summed E-state index contributed by atoms with van der Waals surface area (Å²) in [6.45, 7) is 4.01. The van der Waals surface area contributed by atoms with Crippen molar-refractivity contribution >= 4 is 28.9 Å². The average Bonchev–Trinajstić information content (AvgIpc) is 3.11. The number of aromatic nitrogens is 2. The molecule has 0 bridgehead atoms. The van der Waals surface area contributed by atoms with Crippen LogP contribution in [-0.2, 0) is 6.54 Å². The van der Waals surface area contributed by atoms with Gasteiger partial charge in [0.15, 0.2) is 5.76 Å². The highest BCUT2D eigenvalue weighted by molar-refractivity contribution is 7.19. The van der Waals surface area contributed by atoms with E-state index in [9.17, 15) is 9.90 Å². The summed E-state index contributed by atoms with van der Waals surface area (Å²) in [7, 11) is 0. The van der Waals surface area contributed by atoms with E-state index in [1.54, 1.807) is 17.6 Å².